The highest BCUT2D eigenvalue weighted by Gasteiger charge is 2.36. The first kappa shape index (κ1) is 17.1. The Morgan fingerprint density at radius 3 is 1.78 bits per heavy atom. The Hall–Kier alpha value is -3.34. The Morgan fingerprint density at radius 2 is 1.26 bits per heavy atom. The van der Waals surface area contributed by atoms with Gasteiger partial charge in [-0.15, -0.1) is 0 Å². The molecule has 0 spiro atoms. The van der Waals surface area contributed by atoms with Crippen molar-refractivity contribution in [3.8, 4) is 11.5 Å². The average Bonchev–Trinajstić information content (AvgIpc) is 2.94. The van der Waals surface area contributed by atoms with Crippen molar-refractivity contribution in [3.63, 3.8) is 0 Å². The summed E-state index contributed by atoms with van der Waals surface area (Å²) < 4.78 is 11.3. The SMILES string of the molecule is COc1c(C)c(CN2C(=O)c3ccccc3C2=O)c(OC)c2ccccc12. The van der Waals surface area contributed by atoms with E-state index in [2.05, 4.69) is 0 Å². The van der Waals surface area contributed by atoms with Crippen LogP contribution < -0.4 is 9.47 Å². The maximum absolute atomic E-state index is 12.8. The van der Waals surface area contributed by atoms with Gasteiger partial charge in [-0.1, -0.05) is 36.4 Å². The lowest BCUT2D eigenvalue weighted by molar-refractivity contribution is 0.0641. The van der Waals surface area contributed by atoms with Crippen LogP contribution in [0.3, 0.4) is 0 Å². The van der Waals surface area contributed by atoms with E-state index in [4.69, 9.17) is 9.47 Å². The summed E-state index contributed by atoms with van der Waals surface area (Å²) in [6, 6.07) is 14.7. The van der Waals surface area contributed by atoms with Gasteiger partial charge in [0.05, 0.1) is 31.9 Å². The third-order valence-electron chi connectivity index (χ3n) is 5.09. The molecule has 1 heterocycles. The largest absolute Gasteiger partial charge is 0.496 e. The van der Waals surface area contributed by atoms with Crippen molar-refractivity contribution >= 4 is 22.6 Å². The maximum atomic E-state index is 12.8. The number of hydrogen-bond donors (Lipinski definition) is 0. The molecule has 0 saturated carbocycles. The van der Waals surface area contributed by atoms with Gasteiger partial charge in [-0.2, -0.15) is 0 Å². The van der Waals surface area contributed by atoms with Gasteiger partial charge in [0.1, 0.15) is 11.5 Å². The average molecular weight is 361 g/mol. The first-order valence-electron chi connectivity index (χ1n) is 8.65. The standard InChI is InChI=1S/C22H19NO4/c1-13-18(12-23-21(24)16-10-6-7-11-17(16)22(23)25)20(27-3)15-9-5-4-8-14(15)19(13)26-2/h4-11H,12H2,1-3H3. The number of benzene rings is 3. The van der Waals surface area contributed by atoms with Gasteiger partial charge in [0.25, 0.3) is 11.8 Å². The Balaban J connectivity index is 1.87. The first-order chi connectivity index (χ1) is 13.1. The molecule has 1 aliphatic heterocycles. The molecule has 0 fully saturated rings. The number of fused-ring (bicyclic) bond motifs is 2. The number of methoxy groups -OCH3 is 2. The van der Waals surface area contributed by atoms with Crippen LogP contribution in [0.5, 0.6) is 11.5 Å². The molecule has 1 aliphatic rings. The van der Waals surface area contributed by atoms with Crippen molar-refractivity contribution in [2.45, 2.75) is 13.5 Å². The summed E-state index contributed by atoms with van der Waals surface area (Å²) in [7, 11) is 3.21. The molecule has 4 rings (SSSR count). The second-order valence-electron chi connectivity index (χ2n) is 6.46. The summed E-state index contributed by atoms with van der Waals surface area (Å²) >= 11 is 0. The number of amides is 2. The molecular weight excluding hydrogens is 342 g/mol. The lowest BCUT2D eigenvalue weighted by atomic mass is 9.98. The molecule has 0 aromatic heterocycles. The van der Waals surface area contributed by atoms with Crippen LogP contribution in [-0.4, -0.2) is 30.9 Å². The summed E-state index contributed by atoms with van der Waals surface area (Å²) in [5.41, 5.74) is 2.49. The highest BCUT2D eigenvalue weighted by molar-refractivity contribution is 6.21. The monoisotopic (exact) mass is 361 g/mol. The van der Waals surface area contributed by atoms with Gasteiger partial charge >= 0.3 is 0 Å². The van der Waals surface area contributed by atoms with E-state index in [1.807, 2.05) is 31.2 Å². The number of hydrogen-bond acceptors (Lipinski definition) is 4. The fraction of sp³-hybridized carbons (Fsp3) is 0.182. The molecule has 2 amide bonds. The van der Waals surface area contributed by atoms with Crippen LogP contribution >= 0.6 is 0 Å². The smallest absolute Gasteiger partial charge is 0.261 e. The second-order valence-corrected chi connectivity index (χ2v) is 6.46. The van der Waals surface area contributed by atoms with Crippen LogP contribution in [0.1, 0.15) is 31.8 Å². The fourth-order valence-corrected chi connectivity index (χ4v) is 3.78. The van der Waals surface area contributed by atoms with Gasteiger partial charge in [0.15, 0.2) is 0 Å². The second kappa shape index (κ2) is 6.43. The molecule has 0 atom stereocenters. The van der Waals surface area contributed by atoms with E-state index in [9.17, 15) is 9.59 Å². The zero-order valence-corrected chi connectivity index (χ0v) is 15.4. The topological polar surface area (TPSA) is 55.8 Å². The Kier molecular flexibility index (Phi) is 4.07. The minimum atomic E-state index is -0.288. The van der Waals surface area contributed by atoms with Gasteiger partial charge in [-0.3, -0.25) is 14.5 Å². The molecular formula is C22H19NO4. The molecule has 0 N–H and O–H groups in total. The van der Waals surface area contributed by atoms with Crippen LogP contribution in [-0.2, 0) is 6.54 Å². The number of rotatable bonds is 4. The van der Waals surface area contributed by atoms with E-state index in [1.54, 1.807) is 38.5 Å². The molecule has 27 heavy (non-hydrogen) atoms. The predicted octanol–water partition coefficient (Wildman–Crippen LogP) is 3.96. The summed E-state index contributed by atoms with van der Waals surface area (Å²) in [5, 5.41) is 1.81. The lowest BCUT2D eigenvalue weighted by Crippen LogP contribution is -2.29. The van der Waals surface area contributed by atoms with Gasteiger partial charge in [-0.05, 0) is 19.1 Å². The minimum Gasteiger partial charge on any atom is -0.496 e. The van der Waals surface area contributed by atoms with Crippen LogP contribution in [0.2, 0.25) is 0 Å². The zero-order chi connectivity index (χ0) is 19.1. The van der Waals surface area contributed by atoms with E-state index < -0.39 is 0 Å². The minimum absolute atomic E-state index is 0.128. The number of carbonyl (C=O) groups is 2. The highest BCUT2D eigenvalue weighted by Crippen LogP contribution is 2.41. The van der Waals surface area contributed by atoms with Crippen molar-refractivity contribution in [3.05, 3.63) is 70.8 Å². The number of imide groups is 1. The van der Waals surface area contributed by atoms with Crippen LogP contribution in [0.25, 0.3) is 10.8 Å². The summed E-state index contributed by atoms with van der Waals surface area (Å²) in [6.07, 6.45) is 0. The molecule has 0 aliphatic carbocycles. The van der Waals surface area contributed by atoms with Crippen LogP contribution in [0.4, 0.5) is 0 Å². The maximum Gasteiger partial charge on any atom is 0.261 e. The third kappa shape index (κ3) is 2.46. The molecule has 136 valence electrons. The zero-order valence-electron chi connectivity index (χ0n) is 15.4. The van der Waals surface area contributed by atoms with E-state index in [0.29, 0.717) is 16.9 Å². The number of ether oxygens (including phenoxy) is 2. The highest BCUT2D eigenvalue weighted by atomic mass is 16.5. The quantitative estimate of drug-likeness (QED) is 0.660. The van der Waals surface area contributed by atoms with E-state index in [0.717, 1.165) is 27.6 Å². The van der Waals surface area contributed by atoms with Crippen LogP contribution in [0, 0.1) is 6.92 Å². The molecule has 5 nitrogen and oxygen atoms in total. The number of nitrogens with zero attached hydrogens (tertiary/aromatic N) is 1. The van der Waals surface area contributed by atoms with Gasteiger partial charge in [0, 0.05) is 21.9 Å². The summed E-state index contributed by atoms with van der Waals surface area (Å²) in [5.74, 6) is 0.798. The van der Waals surface area contributed by atoms with Gasteiger partial charge < -0.3 is 9.47 Å². The molecule has 0 saturated heterocycles. The Morgan fingerprint density at radius 1 is 0.778 bits per heavy atom. The van der Waals surface area contributed by atoms with E-state index in [1.165, 1.54) is 4.90 Å². The molecule has 0 unspecified atom stereocenters. The summed E-state index contributed by atoms with van der Waals surface area (Å²) in [4.78, 5) is 26.8. The summed E-state index contributed by atoms with van der Waals surface area (Å²) in [6.45, 7) is 2.05. The van der Waals surface area contributed by atoms with Gasteiger partial charge in [0.2, 0.25) is 0 Å². The molecule has 3 aromatic carbocycles. The number of carbonyl (C=O) groups excluding carboxylic acids is 2. The molecule has 5 heteroatoms. The Labute approximate surface area is 157 Å². The third-order valence-corrected chi connectivity index (χ3v) is 5.09. The molecule has 3 aromatic rings. The lowest BCUT2D eigenvalue weighted by Gasteiger charge is -2.22. The predicted molar refractivity (Wildman–Crippen MR) is 102 cm³/mol. The van der Waals surface area contributed by atoms with Crippen molar-refractivity contribution in [2.24, 2.45) is 0 Å². The first-order valence-corrected chi connectivity index (χ1v) is 8.65. The van der Waals surface area contributed by atoms with Crippen molar-refractivity contribution in [1.82, 2.24) is 4.90 Å². The van der Waals surface area contributed by atoms with Gasteiger partial charge in [-0.25, -0.2) is 0 Å². The Bertz CT molecular complexity index is 1050. The normalized spacial score (nSPS) is 13.2. The molecule has 0 bridgehead atoms. The fourth-order valence-electron chi connectivity index (χ4n) is 3.78. The van der Waals surface area contributed by atoms with E-state index in [-0.39, 0.29) is 18.4 Å². The van der Waals surface area contributed by atoms with Crippen molar-refractivity contribution in [2.75, 3.05) is 14.2 Å². The molecule has 0 radical (unpaired) electrons. The van der Waals surface area contributed by atoms with Crippen molar-refractivity contribution < 1.29 is 19.1 Å². The van der Waals surface area contributed by atoms with Crippen molar-refractivity contribution in [1.29, 1.82) is 0 Å². The van der Waals surface area contributed by atoms with E-state index >= 15 is 0 Å². The van der Waals surface area contributed by atoms with Crippen LogP contribution in [0.15, 0.2) is 48.5 Å².